The van der Waals surface area contributed by atoms with E-state index in [1.807, 2.05) is 0 Å². The standard InChI is InChI=1S/C10H20N6/c1-4-9(2)15-10(11-3)13-5-6-16-8-12-7-14-16/h7-9H,4-6H2,1-3H3,(H2,11,13,15). The van der Waals surface area contributed by atoms with Crippen LogP contribution in [0.25, 0.3) is 0 Å². The summed E-state index contributed by atoms with van der Waals surface area (Å²) >= 11 is 0. The van der Waals surface area contributed by atoms with E-state index >= 15 is 0 Å². The van der Waals surface area contributed by atoms with Gasteiger partial charge in [0.15, 0.2) is 5.96 Å². The molecule has 1 aromatic rings. The molecule has 0 amide bonds. The first-order chi connectivity index (χ1) is 7.76. The number of hydrogen-bond acceptors (Lipinski definition) is 3. The van der Waals surface area contributed by atoms with E-state index in [0.717, 1.165) is 25.5 Å². The van der Waals surface area contributed by atoms with Crippen LogP contribution in [0.2, 0.25) is 0 Å². The van der Waals surface area contributed by atoms with Crippen LogP contribution in [0, 0.1) is 0 Å². The van der Waals surface area contributed by atoms with E-state index in [9.17, 15) is 0 Å². The highest BCUT2D eigenvalue weighted by Crippen LogP contribution is 1.87. The van der Waals surface area contributed by atoms with Crippen LogP contribution >= 0.6 is 0 Å². The highest BCUT2D eigenvalue weighted by molar-refractivity contribution is 5.79. The van der Waals surface area contributed by atoms with Crippen LogP contribution in [0.1, 0.15) is 20.3 Å². The maximum atomic E-state index is 4.14. The van der Waals surface area contributed by atoms with Gasteiger partial charge in [-0.1, -0.05) is 6.92 Å². The minimum absolute atomic E-state index is 0.428. The van der Waals surface area contributed by atoms with Gasteiger partial charge in [0.2, 0.25) is 0 Å². The Morgan fingerprint density at radius 1 is 1.56 bits per heavy atom. The van der Waals surface area contributed by atoms with Crippen molar-refractivity contribution in [2.45, 2.75) is 32.9 Å². The van der Waals surface area contributed by atoms with Crippen molar-refractivity contribution >= 4 is 5.96 Å². The van der Waals surface area contributed by atoms with E-state index < -0.39 is 0 Å². The molecule has 0 aliphatic heterocycles. The van der Waals surface area contributed by atoms with E-state index in [1.54, 1.807) is 18.1 Å². The summed E-state index contributed by atoms with van der Waals surface area (Å²) in [4.78, 5) is 8.02. The molecule has 1 atom stereocenters. The van der Waals surface area contributed by atoms with Crippen molar-refractivity contribution in [2.75, 3.05) is 13.6 Å². The lowest BCUT2D eigenvalue weighted by molar-refractivity contribution is 0.581. The average Bonchev–Trinajstić information content (AvgIpc) is 2.80. The number of nitrogens with one attached hydrogen (secondary N) is 2. The molecule has 1 aromatic heterocycles. The predicted molar refractivity (Wildman–Crippen MR) is 64.3 cm³/mol. The van der Waals surface area contributed by atoms with Gasteiger partial charge in [-0.3, -0.25) is 9.67 Å². The number of aromatic nitrogens is 3. The lowest BCUT2D eigenvalue weighted by Gasteiger charge is -2.16. The average molecular weight is 224 g/mol. The van der Waals surface area contributed by atoms with Crippen molar-refractivity contribution in [3.63, 3.8) is 0 Å². The van der Waals surface area contributed by atoms with Crippen molar-refractivity contribution in [1.82, 2.24) is 25.4 Å². The molecule has 0 spiro atoms. The largest absolute Gasteiger partial charge is 0.355 e. The third kappa shape index (κ3) is 4.29. The number of guanidine groups is 1. The summed E-state index contributed by atoms with van der Waals surface area (Å²) in [6.45, 7) is 5.82. The quantitative estimate of drug-likeness (QED) is 0.555. The molecule has 6 heteroatoms. The summed E-state index contributed by atoms with van der Waals surface area (Å²) in [6, 6.07) is 0.428. The molecule has 90 valence electrons. The van der Waals surface area contributed by atoms with Gasteiger partial charge in [0.25, 0.3) is 0 Å². The van der Waals surface area contributed by atoms with E-state index in [0.29, 0.717) is 6.04 Å². The molecular formula is C10H20N6. The van der Waals surface area contributed by atoms with Gasteiger partial charge < -0.3 is 10.6 Å². The highest BCUT2D eigenvalue weighted by Gasteiger charge is 2.01. The van der Waals surface area contributed by atoms with Gasteiger partial charge in [-0.15, -0.1) is 0 Å². The first kappa shape index (κ1) is 12.5. The zero-order chi connectivity index (χ0) is 11.8. The summed E-state index contributed by atoms with van der Waals surface area (Å²) in [5.74, 6) is 0.828. The lowest BCUT2D eigenvalue weighted by atomic mass is 10.3. The second-order valence-electron chi connectivity index (χ2n) is 3.61. The molecule has 0 bridgehead atoms. The summed E-state index contributed by atoms with van der Waals surface area (Å²) in [7, 11) is 1.77. The first-order valence-electron chi connectivity index (χ1n) is 5.55. The molecule has 0 fully saturated rings. The molecule has 0 aliphatic rings. The fourth-order valence-corrected chi connectivity index (χ4v) is 1.17. The minimum Gasteiger partial charge on any atom is -0.355 e. The highest BCUT2D eigenvalue weighted by atomic mass is 15.3. The molecular weight excluding hydrogens is 204 g/mol. The first-order valence-corrected chi connectivity index (χ1v) is 5.55. The monoisotopic (exact) mass is 224 g/mol. The minimum atomic E-state index is 0.428. The number of rotatable bonds is 5. The Morgan fingerprint density at radius 3 is 2.94 bits per heavy atom. The zero-order valence-electron chi connectivity index (χ0n) is 10.1. The third-order valence-electron chi connectivity index (χ3n) is 2.32. The Kier molecular flexibility index (Phi) is 5.31. The van der Waals surface area contributed by atoms with Crippen molar-refractivity contribution in [3.8, 4) is 0 Å². The van der Waals surface area contributed by atoms with E-state index in [-0.39, 0.29) is 0 Å². The van der Waals surface area contributed by atoms with Crippen molar-refractivity contribution < 1.29 is 0 Å². The summed E-state index contributed by atoms with van der Waals surface area (Å²) in [5.41, 5.74) is 0. The summed E-state index contributed by atoms with van der Waals surface area (Å²) in [5, 5.41) is 10.5. The van der Waals surface area contributed by atoms with Gasteiger partial charge in [-0.25, -0.2) is 4.98 Å². The Bertz CT molecular complexity index is 305. The maximum absolute atomic E-state index is 4.14. The second kappa shape index (κ2) is 6.81. The third-order valence-corrected chi connectivity index (χ3v) is 2.32. The van der Waals surface area contributed by atoms with Crippen LogP contribution in [0.5, 0.6) is 0 Å². The SMILES string of the molecule is CCC(C)NC(=NC)NCCn1cncn1. The fourth-order valence-electron chi connectivity index (χ4n) is 1.17. The van der Waals surface area contributed by atoms with Crippen molar-refractivity contribution in [1.29, 1.82) is 0 Å². The Labute approximate surface area is 96.2 Å². The number of hydrogen-bond donors (Lipinski definition) is 2. The molecule has 1 heterocycles. The van der Waals surface area contributed by atoms with Crippen LogP contribution in [0.4, 0.5) is 0 Å². The maximum Gasteiger partial charge on any atom is 0.191 e. The molecule has 0 saturated carbocycles. The molecule has 6 nitrogen and oxygen atoms in total. The molecule has 0 radical (unpaired) electrons. The second-order valence-corrected chi connectivity index (χ2v) is 3.61. The number of nitrogens with zero attached hydrogens (tertiary/aromatic N) is 4. The summed E-state index contributed by atoms with van der Waals surface area (Å²) in [6.07, 6.45) is 4.31. The molecule has 1 rings (SSSR count). The zero-order valence-corrected chi connectivity index (χ0v) is 10.1. The van der Waals surface area contributed by atoms with Crippen molar-refractivity contribution in [3.05, 3.63) is 12.7 Å². The molecule has 16 heavy (non-hydrogen) atoms. The molecule has 1 unspecified atom stereocenters. The van der Waals surface area contributed by atoms with Crippen LogP contribution < -0.4 is 10.6 Å². The fraction of sp³-hybridized carbons (Fsp3) is 0.700. The molecule has 0 aromatic carbocycles. The molecule has 2 N–H and O–H groups in total. The van der Waals surface area contributed by atoms with Crippen LogP contribution in [0.3, 0.4) is 0 Å². The van der Waals surface area contributed by atoms with Crippen LogP contribution in [-0.4, -0.2) is 40.4 Å². The van der Waals surface area contributed by atoms with E-state index in [4.69, 9.17) is 0 Å². The van der Waals surface area contributed by atoms with Gasteiger partial charge in [0, 0.05) is 19.6 Å². The lowest BCUT2D eigenvalue weighted by Crippen LogP contribution is -2.43. The molecule has 0 saturated heterocycles. The van der Waals surface area contributed by atoms with Gasteiger partial charge in [0.05, 0.1) is 6.54 Å². The topological polar surface area (TPSA) is 67.1 Å². The van der Waals surface area contributed by atoms with E-state index in [2.05, 4.69) is 39.6 Å². The normalized spacial score (nSPS) is 13.6. The van der Waals surface area contributed by atoms with Crippen LogP contribution in [0.15, 0.2) is 17.6 Å². The van der Waals surface area contributed by atoms with Crippen molar-refractivity contribution in [2.24, 2.45) is 4.99 Å². The van der Waals surface area contributed by atoms with Gasteiger partial charge in [-0.2, -0.15) is 5.10 Å². The van der Waals surface area contributed by atoms with E-state index in [1.165, 1.54) is 6.33 Å². The van der Waals surface area contributed by atoms with Gasteiger partial charge >= 0.3 is 0 Å². The Hall–Kier alpha value is -1.59. The number of aliphatic imine (C=N–C) groups is 1. The Morgan fingerprint density at radius 2 is 2.38 bits per heavy atom. The molecule has 0 aliphatic carbocycles. The Balaban J connectivity index is 2.24. The van der Waals surface area contributed by atoms with Crippen LogP contribution in [-0.2, 0) is 6.54 Å². The summed E-state index contributed by atoms with van der Waals surface area (Å²) < 4.78 is 1.78. The van der Waals surface area contributed by atoms with Gasteiger partial charge in [-0.05, 0) is 13.3 Å². The van der Waals surface area contributed by atoms with Gasteiger partial charge in [0.1, 0.15) is 12.7 Å². The smallest absolute Gasteiger partial charge is 0.191 e. The predicted octanol–water partition coefficient (Wildman–Crippen LogP) is 0.242.